The predicted molar refractivity (Wildman–Crippen MR) is 85.2 cm³/mol. The summed E-state index contributed by atoms with van der Waals surface area (Å²) in [6.07, 6.45) is 0. The van der Waals surface area contributed by atoms with E-state index in [4.69, 9.17) is 10.5 Å². The first-order valence-electron chi connectivity index (χ1n) is 6.86. The monoisotopic (exact) mass is 290 g/mol. The maximum atomic E-state index is 5.85. The number of nitrogens with two attached hydrogens (primary N) is 1. The summed E-state index contributed by atoms with van der Waals surface area (Å²) in [6.45, 7) is 4.29. The Hall–Kier alpha value is -1.36. The van der Waals surface area contributed by atoms with Crippen LogP contribution in [0.5, 0.6) is 5.75 Å². The van der Waals surface area contributed by atoms with Crippen LogP contribution in [0.15, 0.2) is 41.8 Å². The molecule has 0 aliphatic heterocycles. The van der Waals surface area contributed by atoms with Gasteiger partial charge in [0, 0.05) is 29.6 Å². The van der Waals surface area contributed by atoms with Gasteiger partial charge >= 0.3 is 0 Å². The zero-order valence-electron chi connectivity index (χ0n) is 12.1. The number of ether oxygens (including phenoxy) is 1. The van der Waals surface area contributed by atoms with Crippen LogP contribution in [0.4, 0.5) is 0 Å². The van der Waals surface area contributed by atoms with Crippen LogP contribution in [0.2, 0.25) is 0 Å². The Morgan fingerprint density at radius 3 is 2.75 bits per heavy atom. The number of likely N-dealkylation sites (N-methyl/N-ethyl adjacent to an activating group) is 1. The first kappa shape index (κ1) is 15.0. The summed E-state index contributed by atoms with van der Waals surface area (Å²) in [7, 11) is 2.13. The highest BCUT2D eigenvalue weighted by molar-refractivity contribution is 7.10. The van der Waals surface area contributed by atoms with Crippen LogP contribution >= 0.6 is 11.3 Å². The van der Waals surface area contributed by atoms with Gasteiger partial charge in [0.15, 0.2) is 0 Å². The summed E-state index contributed by atoms with van der Waals surface area (Å²) in [5.74, 6) is 0.896. The smallest absolute Gasteiger partial charge is 0.123 e. The van der Waals surface area contributed by atoms with E-state index in [0.29, 0.717) is 19.2 Å². The summed E-state index contributed by atoms with van der Waals surface area (Å²) in [5.41, 5.74) is 6.76. The maximum Gasteiger partial charge on any atom is 0.123 e. The molecular formula is C16H22N2OS. The quantitative estimate of drug-likeness (QED) is 0.850. The van der Waals surface area contributed by atoms with E-state index in [1.807, 2.05) is 24.3 Å². The third kappa shape index (κ3) is 3.82. The van der Waals surface area contributed by atoms with Crippen LogP contribution in [0.3, 0.4) is 0 Å². The second kappa shape index (κ2) is 7.43. The number of thiophene rings is 1. The number of benzene rings is 1. The van der Waals surface area contributed by atoms with Crippen molar-refractivity contribution in [2.75, 3.05) is 20.2 Å². The average molecular weight is 290 g/mol. The Bertz CT molecular complexity index is 513. The minimum absolute atomic E-state index is 0.420. The topological polar surface area (TPSA) is 38.5 Å². The Morgan fingerprint density at radius 1 is 1.25 bits per heavy atom. The number of para-hydroxylation sites is 1. The van der Waals surface area contributed by atoms with Gasteiger partial charge in [-0.25, -0.2) is 0 Å². The van der Waals surface area contributed by atoms with E-state index < -0.39 is 0 Å². The van der Waals surface area contributed by atoms with Crippen LogP contribution in [0.1, 0.15) is 23.4 Å². The Balaban J connectivity index is 1.83. The molecule has 0 bridgehead atoms. The fraction of sp³-hybridized carbons (Fsp3) is 0.375. The van der Waals surface area contributed by atoms with Crippen molar-refractivity contribution < 1.29 is 4.74 Å². The first-order chi connectivity index (χ1) is 9.72. The van der Waals surface area contributed by atoms with Crippen molar-refractivity contribution >= 4 is 11.3 Å². The van der Waals surface area contributed by atoms with Gasteiger partial charge < -0.3 is 10.5 Å². The third-order valence-electron chi connectivity index (χ3n) is 3.51. The molecule has 2 rings (SSSR count). The summed E-state index contributed by atoms with van der Waals surface area (Å²) in [6, 6.07) is 12.6. The van der Waals surface area contributed by atoms with Crippen LogP contribution in [0, 0.1) is 0 Å². The Morgan fingerprint density at radius 2 is 2.05 bits per heavy atom. The van der Waals surface area contributed by atoms with Gasteiger partial charge in [0.05, 0.1) is 0 Å². The van der Waals surface area contributed by atoms with Gasteiger partial charge in [-0.05, 0) is 31.5 Å². The van der Waals surface area contributed by atoms with Crippen LogP contribution in [0.25, 0.3) is 0 Å². The number of rotatable bonds is 7. The van der Waals surface area contributed by atoms with Crippen molar-refractivity contribution in [3.05, 3.63) is 52.2 Å². The summed E-state index contributed by atoms with van der Waals surface area (Å²) >= 11 is 1.80. The van der Waals surface area contributed by atoms with Gasteiger partial charge in [-0.1, -0.05) is 24.3 Å². The minimum Gasteiger partial charge on any atom is -0.492 e. The zero-order valence-corrected chi connectivity index (χ0v) is 12.9. The van der Waals surface area contributed by atoms with Gasteiger partial charge in [-0.3, -0.25) is 4.90 Å². The van der Waals surface area contributed by atoms with Crippen LogP contribution in [-0.4, -0.2) is 25.1 Å². The Labute approximate surface area is 125 Å². The zero-order chi connectivity index (χ0) is 14.4. The minimum atomic E-state index is 0.420. The van der Waals surface area contributed by atoms with Crippen molar-refractivity contribution in [2.45, 2.75) is 19.5 Å². The van der Waals surface area contributed by atoms with Gasteiger partial charge in [-0.15, -0.1) is 11.3 Å². The SMILES string of the molecule is CC(c1cccs1)N(C)CCOc1ccccc1CN. The van der Waals surface area contributed by atoms with E-state index in [0.717, 1.165) is 17.9 Å². The molecule has 4 heteroatoms. The van der Waals surface area contributed by atoms with Gasteiger partial charge in [0.2, 0.25) is 0 Å². The average Bonchev–Trinajstić information content (AvgIpc) is 3.01. The molecule has 0 fully saturated rings. The summed E-state index contributed by atoms with van der Waals surface area (Å²) < 4.78 is 5.85. The lowest BCUT2D eigenvalue weighted by molar-refractivity contribution is 0.202. The molecule has 1 aromatic heterocycles. The lowest BCUT2D eigenvalue weighted by Crippen LogP contribution is -2.27. The maximum absolute atomic E-state index is 5.85. The first-order valence-corrected chi connectivity index (χ1v) is 7.74. The van der Waals surface area contributed by atoms with E-state index >= 15 is 0 Å². The molecule has 1 atom stereocenters. The molecule has 1 heterocycles. The van der Waals surface area contributed by atoms with Crippen molar-refractivity contribution in [2.24, 2.45) is 5.73 Å². The van der Waals surface area contributed by atoms with Gasteiger partial charge in [0.1, 0.15) is 12.4 Å². The van der Waals surface area contributed by atoms with Crippen molar-refractivity contribution in [3.63, 3.8) is 0 Å². The molecule has 0 saturated heterocycles. The molecular weight excluding hydrogens is 268 g/mol. The van der Waals surface area contributed by atoms with Crippen molar-refractivity contribution in [1.29, 1.82) is 0 Å². The van der Waals surface area contributed by atoms with Gasteiger partial charge in [-0.2, -0.15) is 0 Å². The van der Waals surface area contributed by atoms with E-state index in [2.05, 4.69) is 36.4 Å². The largest absolute Gasteiger partial charge is 0.492 e. The third-order valence-corrected chi connectivity index (χ3v) is 4.55. The summed E-state index contributed by atoms with van der Waals surface area (Å²) in [5, 5.41) is 2.12. The molecule has 1 aromatic carbocycles. The van der Waals surface area contributed by atoms with E-state index in [1.165, 1.54) is 4.88 Å². The van der Waals surface area contributed by atoms with E-state index in [9.17, 15) is 0 Å². The van der Waals surface area contributed by atoms with E-state index in [-0.39, 0.29) is 0 Å². The molecule has 2 N–H and O–H groups in total. The highest BCUT2D eigenvalue weighted by Gasteiger charge is 2.12. The second-order valence-corrected chi connectivity index (χ2v) is 5.81. The Kier molecular flexibility index (Phi) is 5.59. The fourth-order valence-corrected chi connectivity index (χ4v) is 2.90. The van der Waals surface area contributed by atoms with E-state index in [1.54, 1.807) is 11.3 Å². The second-order valence-electron chi connectivity index (χ2n) is 4.83. The molecule has 3 nitrogen and oxygen atoms in total. The molecule has 0 spiro atoms. The number of hydrogen-bond donors (Lipinski definition) is 1. The molecule has 0 aliphatic rings. The fourth-order valence-electron chi connectivity index (χ4n) is 2.05. The number of nitrogens with zero attached hydrogens (tertiary/aromatic N) is 1. The standard InChI is InChI=1S/C16H22N2OS/c1-13(16-8-5-11-20-16)18(2)9-10-19-15-7-4-3-6-14(15)12-17/h3-8,11,13H,9-10,12,17H2,1-2H3. The molecule has 0 aliphatic carbocycles. The number of hydrogen-bond acceptors (Lipinski definition) is 4. The van der Waals surface area contributed by atoms with Crippen molar-refractivity contribution in [3.8, 4) is 5.75 Å². The van der Waals surface area contributed by atoms with Crippen LogP contribution in [-0.2, 0) is 6.54 Å². The molecule has 1 unspecified atom stereocenters. The molecule has 108 valence electrons. The molecule has 0 radical (unpaired) electrons. The molecule has 2 aromatic rings. The normalized spacial score (nSPS) is 12.6. The van der Waals surface area contributed by atoms with Crippen LogP contribution < -0.4 is 10.5 Å². The molecule has 0 amide bonds. The lowest BCUT2D eigenvalue weighted by atomic mass is 10.2. The summed E-state index contributed by atoms with van der Waals surface area (Å²) in [4.78, 5) is 3.69. The highest BCUT2D eigenvalue weighted by atomic mass is 32.1. The van der Waals surface area contributed by atoms with Gasteiger partial charge in [0.25, 0.3) is 0 Å². The molecule has 0 saturated carbocycles. The lowest BCUT2D eigenvalue weighted by Gasteiger charge is -2.24. The van der Waals surface area contributed by atoms with Crippen molar-refractivity contribution in [1.82, 2.24) is 4.90 Å². The predicted octanol–water partition coefficient (Wildman–Crippen LogP) is 3.28. The molecule has 20 heavy (non-hydrogen) atoms. The highest BCUT2D eigenvalue weighted by Crippen LogP contribution is 2.23.